The van der Waals surface area contributed by atoms with E-state index < -0.39 is 5.97 Å². The van der Waals surface area contributed by atoms with Gasteiger partial charge in [-0.15, -0.1) is 0 Å². The highest BCUT2D eigenvalue weighted by atomic mass is 16.4. The summed E-state index contributed by atoms with van der Waals surface area (Å²) in [5.41, 5.74) is 7.01. The Morgan fingerprint density at radius 3 is 2.24 bits per heavy atom. The molecule has 1 fully saturated rings. The third kappa shape index (κ3) is 10.9. The number of pyridine rings is 1. The van der Waals surface area contributed by atoms with Crippen molar-refractivity contribution in [3.8, 4) is 0 Å². The quantitative estimate of drug-likeness (QED) is 0.169. The number of unbranched alkanes of at least 4 members (excludes halogenated alkanes) is 8. The Kier molecular flexibility index (Phi) is 13.0. The number of rotatable bonds is 19. The lowest BCUT2D eigenvalue weighted by atomic mass is 9.88. The molecule has 1 aliphatic heterocycles. The van der Waals surface area contributed by atoms with E-state index in [0.717, 1.165) is 83.1 Å². The number of aryl methyl sites for hydroxylation is 2. The zero-order chi connectivity index (χ0) is 26.3. The maximum atomic E-state index is 11.2. The summed E-state index contributed by atoms with van der Waals surface area (Å²) in [5, 5.41) is 16.1. The summed E-state index contributed by atoms with van der Waals surface area (Å²) >= 11 is 0. The van der Waals surface area contributed by atoms with Crippen LogP contribution in [0.25, 0.3) is 0 Å². The van der Waals surface area contributed by atoms with Crippen LogP contribution in [0.3, 0.4) is 0 Å². The number of hydrogen-bond donors (Lipinski definition) is 3. The average Bonchev–Trinajstić information content (AvgIpc) is 2.84. The molecule has 0 bridgehead atoms. The van der Waals surface area contributed by atoms with E-state index in [4.69, 9.17) is 10.1 Å². The van der Waals surface area contributed by atoms with Crippen molar-refractivity contribution < 1.29 is 14.7 Å². The summed E-state index contributed by atoms with van der Waals surface area (Å²) in [6.07, 6.45) is 20.1. The van der Waals surface area contributed by atoms with Crippen LogP contribution < -0.4 is 10.6 Å². The first-order chi connectivity index (χ1) is 18.0. The molecule has 3 N–H and O–H groups in total. The molecule has 1 aromatic rings. The minimum atomic E-state index is -0.686. The molecule has 3 rings (SSSR count). The minimum absolute atomic E-state index is 0.292. The lowest BCUT2D eigenvalue weighted by molar-refractivity contribution is -0.137. The van der Waals surface area contributed by atoms with Crippen LogP contribution in [0.4, 0.5) is 5.82 Å². The third-order valence-corrected chi connectivity index (χ3v) is 7.82. The Balaban J connectivity index is 1.51. The van der Waals surface area contributed by atoms with E-state index in [1.165, 1.54) is 73.9 Å². The van der Waals surface area contributed by atoms with Gasteiger partial charge in [0, 0.05) is 37.3 Å². The summed E-state index contributed by atoms with van der Waals surface area (Å²) < 4.78 is 0. The van der Waals surface area contributed by atoms with Crippen LogP contribution in [-0.2, 0) is 29.0 Å². The lowest BCUT2D eigenvalue weighted by Gasteiger charge is -2.25. The standard InChI is InChI=1S/C31H49N3O3/c1-24(35)14-8-6-7-9-18-28(25-15-12-16-25)33-23-27-22-26-17-13-21-32-31(26)34-29(27)19-10-4-2-3-5-11-20-30(36)37/h22,33H,2-21,23H2,1H3,(H,32,34)(H,36,37). The van der Waals surface area contributed by atoms with Gasteiger partial charge >= 0.3 is 5.97 Å². The number of carboxylic acid groups (broad SMARTS) is 1. The number of ketones is 1. The molecular formula is C31H49N3O3. The fraction of sp³-hybridized carbons (Fsp3) is 0.710. The number of aromatic nitrogens is 1. The molecule has 0 unspecified atom stereocenters. The summed E-state index contributed by atoms with van der Waals surface area (Å²) in [5.74, 6) is 0.704. The van der Waals surface area contributed by atoms with Crippen molar-refractivity contribution in [2.24, 2.45) is 0 Å². The average molecular weight is 512 g/mol. The fourth-order valence-corrected chi connectivity index (χ4v) is 5.39. The highest BCUT2D eigenvalue weighted by Gasteiger charge is 2.17. The maximum Gasteiger partial charge on any atom is 0.303 e. The molecule has 1 aromatic heterocycles. The van der Waals surface area contributed by atoms with Gasteiger partial charge < -0.3 is 20.5 Å². The monoisotopic (exact) mass is 511 g/mol. The molecule has 0 radical (unpaired) electrons. The van der Waals surface area contributed by atoms with Gasteiger partial charge in [0.05, 0.1) is 0 Å². The summed E-state index contributed by atoms with van der Waals surface area (Å²) in [7, 11) is 0. The van der Waals surface area contributed by atoms with Gasteiger partial charge in [-0.3, -0.25) is 4.79 Å². The van der Waals surface area contributed by atoms with Crippen LogP contribution in [0.5, 0.6) is 0 Å². The van der Waals surface area contributed by atoms with Crippen molar-refractivity contribution >= 4 is 17.6 Å². The van der Waals surface area contributed by atoms with E-state index in [0.29, 0.717) is 12.2 Å². The highest BCUT2D eigenvalue weighted by molar-refractivity contribution is 5.75. The molecule has 6 nitrogen and oxygen atoms in total. The molecule has 0 saturated heterocycles. The molecule has 0 aromatic carbocycles. The second-order valence-corrected chi connectivity index (χ2v) is 11.1. The zero-order valence-electron chi connectivity index (χ0n) is 23.1. The van der Waals surface area contributed by atoms with Gasteiger partial charge in [0.1, 0.15) is 11.6 Å². The Bertz CT molecular complexity index is 903. The first kappa shape index (κ1) is 29.2. The lowest BCUT2D eigenvalue weighted by Crippen LogP contribution is -2.21. The molecule has 0 atom stereocenters. The molecule has 0 amide bonds. The second-order valence-electron chi connectivity index (χ2n) is 11.1. The molecule has 6 heteroatoms. The highest BCUT2D eigenvalue weighted by Crippen LogP contribution is 2.31. The Labute approximate surface area is 224 Å². The van der Waals surface area contributed by atoms with E-state index in [1.807, 2.05) is 0 Å². The minimum Gasteiger partial charge on any atom is -0.481 e. The number of carboxylic acids is 1. The molecule has 206 valence electrons. The van der Waals surface area contributed by atoms with Gasteiger partial charge in [0.25, 0.3) is 0 Å². The van der Waals surface area contributed by atoms with Crippen LogP contribution in [0.1, 0.15) is 133 Å². The number of nitrogens with zero attached hydrogens (tertiary/aromatic N) is 1. The number of carbonyl (C=O) groups is 2. The summed E-state index contributed by atoms with van der Waals surface area (Å²) in [4.78, 5) is 26.9. The number of allylic oxidation sites excluding steroid dienone is 2. The SMILES string of the molecule is CC(=O)CCCCCCC(NCc1cc2c(nc1CCCCCCCCC(=O)O)NCCC2)=C1CCC1. The van der Waals surface area contributed by atoms with Crippen LogP contribution in [0.2, 0.25) is 0 Å². The third-order valence-electron chi connectivity index (χ3n) is 7.82. The van der Waals surface area contributed by atoms with Crippen LogP contribution in [0, 0.1) is 0 Å². The predicted molar refractivity (Wildman–Crippen MR) is 151 cm³/mol. The molecule has 0 spiro atoms. The first-order valence-electron chi connectivity index (χ1n) is 14.9. The Morgan fingerprint density at radius 2 is 1.57 bits per heavy atom. The summed E-state index contributed by atoms with van der Waals surface area (Å²) in [6, 6.07) is 2.40. The Hall–Kier alpha value is -2.37. The van der Waals surface area contributed by atoms with Crippen LogP contribution >= 0.6 is 0 Å². The van der Waals surface area contributed by atoms with Crippen LogP contribution in [-0.4, -0.2) is 28.4 Å². The second kappa shape index (κ2) is 16.5. The topological polar surface area (TPSA) is 91.3 Å². The smallest absolute Gasteiger partial charge is 0.303 e. The zero-order valence-corrected chi connectivity index (χ0v) is 23.1. The number of nitrogens with one attached hydrogen (secondary N) is 2. The van der Waals surface area contributed by atoms with Crippen LogP contribution in [0.15, 0.2) is 17.3 Å². The van der Waals surface area contributed by atoms with E-state index in [1.54, 1.807) is 12.5 Å². The predicted octanol–water partition coefficient (Wildman–Crippen LogP) is 7.25. The molecule has 1 aliphatic carbocycles. The molecule has 2 heterocycles. The fourth-order valence-electron chi connectivity index (χ4n) is 5.39. The van der Waals surface area contributed by atoms with E-state index in [-0.39, 0.29) is 0 Å². The molecule has 37 heavy (non-hydrogen) atoms. The largest absolute Gasteiger partial charge is 0.481 e. The van der Waals surface area contributed by atoms with Gasteiger partial charge in [0.2, 0.25) is 0 Å². The van der Waals surface area contributed by atoms with Gasteiger partial charge in [-0.25, -0.2) is 4.98 Å². The normalized spacial score (nSPS) is 14.5. The maximum absolute atomic E-state index is 11.2. The summed E-state index contributed by atoms with van der Waals surface area (Å²) in [6.45, 7) is 3.55. The number of hydrogen-bond acceptors (Lipinski definition) is 5. The van der Waals surface area contributed by atoms with Gasteiger partial charge in [-0.05, 0) is 94.7 Å². The van der Waals surface area contributed by atoms with Gasteiger partial charge in [-0.1, -0.05) is 44.1 Å². The molecule has 2 aliphatic rings. The number of fused-ring (bicyclic) bond motifs is 1. The van der Waals surface area contributed by atoms with Crippen molar-refractivity contribution in [1.82, 2.24) is 10.3 Å². The first-order valence-corrected chi connectivity index (χ1v) is 14.9. The Morgan fingerprint density at radius 1 is 0.892 bits per heavy atom. The van der Waals surface area contributed by atoms with Gasteiger partial charge in [0.15, 0.2) is 0 Å². The number of carbonyl (C=O) groups excluding carboxylic acids is 1. The van der Waals surface area contributed by atoms with Crippen molar-refractivity contribution in [2.75, 3.05) is 11.9 Å². The molecule has 1 saturated carbocycles. The van der Waals surface area contributed by atoms with Gasteiger partial charge in [-0.2, -0.15) is 0 Å². The van der Waals surface area contributed by atoms with Crippen molar-refractivity contribution in [3.05, 3.63) is 34.2 Å². The number of Topliss-reactive ketones (excluding diaryl/α,β-unsaturated/α-hetero) is 1. The van der Waals surface area contributed by atoms with E-state index in [9.17, 15) is 9.59 Å². The van der Waals surface area contributed by atoms with Crippen molar-refractivity contribution in [3.63, 3.8) is 0 Å². The number of aliphatic carboxylic acids is 1. The van der Waals surface area contributed by atoms with E-state index in [2.05, 4.69) is 16.7 Å². The molecular weight excluding hydrogens is 462 g/mol. The van der Waals surface area contributed by atoms with E-state index >= 15 is 0 Å². The van der Waals surface area contributed by atoms with Crippen molar-refractivity contribution in [1.29, 1.82) is 0 Å². The van der Waals surface area contributed by atoms with Crippen molar-refractivity contribution in [2.45, 2.75) is 135 Å². The number of anilines is 1.